The van der Waals surface area contributed by atoms with E-state index in [1.54, 1.807) is 11.8 Å². The monoisotopic (exact) mass is 385 g/mol. The van der Waals surface area contributed by atoms with E-state index in [-0.39, 0.29) is 15.8 Å². The van der Waals surface area contributed by atoms with Crippen LogP contribution in [0.25, 0.3) is 0 Å². The Kier molecular flexibility index (Phi) is 4.93. The van der Waals surface area contributed by atoms with Crippen LogP contribution < -0.4 is 4.72 Å². The number of aromatic carboxylic acids is 1. The zero-order valence-electron chi connectivity index (χ0n) is 9.76. The van der Waals surface area contributed by atoms with Crippen LogP contribution in [0.2, 0.25) is 0 Å². The molecule has 106 valence electrons. The van der Waals surface area contributed by atoms with Crippen LogP contribution in [0.15, 0.2) is 14.7 Å². The van der Waals surface area contributed by atoms with Crippen molar-refractivity contribution in [1.29, 1.82) is 0 Å². The van der Waals surface area contributed by atoms with E-state index in [4.69, 9.17) is 5.11 Å². The molecule has 1 atom stereocenters. The van der Waals surface area contributed by atoms with Gasteiger partial charge in [-0.3, -0.25) is 0 Å². The number of hydrogen-bond donors (Lipinski definition) is 2. The summed E-state index contributed by atoms with van der Waals surface area (Å²) in [6.45, 7) is 0. The van der Waals surface area contributed by atoms with Crippen LogP contribution in [-0.2, 0) is 10.0 Å². The lowest BCUT2D eigenvalue weighted by Gasteiger charge is -2.22. The van der Waals surface area contributed by atoms with Gasteiger partial charge in [0.1, 0.15) is 9.77 Å². The second-order valence-electron chi connectivity index (χ2n) is 4.09. The van der Waals surface area contributed by atoms with Crippen LogP contribution in [-0.4, -0.2) is 37.0 Å². The van der Waals surface area contributed by atoms with Gasteiger partial charge in [-0.1, -0.05) is 0 Å². The first kappa shape index (κ1) is 15.3. The Balaban J connectivity index is 2.21. The molecule has 2 N–H and O–H groups in total. The molecular weight excluding hydrogens is 374 g/mol. The summed E-state index contributed by atoms with van der Waals surface area (Å²) in [4.78, 5) is 10.9. The fraction of sp³-hybridized carbons (Fsp3) is 0.500. The molecule has 1 unspecified atom stereocenters. The molecule has 0 radical (unpaired) electrons. The molecule has 0 aromatic carbocycles. The molecule has 1 saturated heterocycles. The minimum atomic E-state index is -3.67. The number of nitrogens with one attached hydrogen (secondary N) is 1. The number of sulfonamides is 1. The van der Waals surface area contributed by atoms with Crippen LogP contribution >= 0.6 is 39.0 Å². The normalized spacial score (nSPS) is 20.4. The maximum absolute atomic E-state index is 12.2. The Hall–Kier alpha value is -0.0900. The van der Waals surface area contributed by atoms with Crippen LogP contribution in [0.3, 0.4) is 0 Å². The van der Waals surface area contributed by atoms with E-state index in [0.29, 0.717) is 3.79 Å². The van der Waals surface area contributed by atoms with Crippen molar-refractivity contribution >= 4 is 55.0 Å². The van der Waals surface area contributed by atoms with E-state index < -0.39 is 16.0 Å². The molecule has 1 fully saturated rings. The molecule has 1 aliphatic rings. The largest absolute Gasteiger partial charge is 0.477 e. The van der Waals surface area contributed by atoms with Crippen LogP contribution in [0.5, 0.6) is 0 Å². The van der Waals surface area contributed by atoms with Gasteiger partial charge in [0.25, 0.3) is 0 Å². The summed E-state index contributed by atoms with van der Waals surface area (Å²) in [5.41, 5.74) is 0. The second kappa shape index (κ2) is 6.13. The van der Waals surface area contributed by atoms with Gasteiger partial charge in [0.15, 0.2) is 0 Å². The van der Waals surface area contributed by atoms with Crippen molar-refractivity contribution in [3.63, 3.8) is 0 Å². The minimum Gasteiger partial charge on any atom is -0.477 e. The first-order valence-corrected chi connectivity index (χ1v) is 9.77. The summed E-state index contributed by atoms with van der Waals surface area (Å²) in [6.07, 6.45) is 1.81. The van der Waals surface area contributed by atoms with Crippen molar-refractivity contribution in [2.45, 2.75) is 23.8 Å². The highest BCUT2D eigenvalue weighted by molar-refractivity contribution is 9.11. The van der Waals surface area contributed by atoms with Gasteiger partial charge in [0, 0.05) is 11.8 Å². The van der Waals surface area contributed by atoms with Crippen LogP contribution in [0.1, 0.15) is 22.5 Å². The van der Waals surface area contributed by atoms with Crippen molar-refractivity contribution < 1.29 is 18.3 Å². The summed E-state index contributed by atoms with van der Waals surface area (Å²) in [5.74, 6) is 0.691. The Morgan fingerprint density at radius 2 is 2.26 bits per heavy atom. The number of thioether (sulfide) groups is 1. The molecule has 0 saturated carbocycles. The van der Waals surface area contributed by atoms with Gasteiger partial charge in [-0.15, -0.1) is 11.3 Å². The lowest BCUT2D eigenvalue weighted by molar-refractivity contribution is 0.0702. The average molecular weight is 386 g/mol. The SMILES string of the molecule is O=C(O)c1cc(S(=O)(=O)NC2CCCSC2)c(Br)s1. The van der Waals surface area contributed by atoms with Crippen molar-refractivity contribution in [3.05, 3.63) is 14.7 Å². The molecule has 1 aliphatic heterocycles. The lowest BCUT2D eigenvalue weighted by atomic mass is 10.2. The molecule has 9 heteroatoms. The molecule has 19 heavy (non-hydrogen) atoms. The van der Waals surface area contributed by atoms with Crippen LogP contribution in [0.4, 0.5) is 0 Å². The van der Waals surface area contributed by atoms with E-state index in [2.05, 4.69) is 20.7 Å². The maximum Gasteiger partial charge on any atom is 0.345 e. The van der Waals surface area contributed by atoms with Crippen molar-refractivity contribution in [2.24, 2.45) is 0 Å². The first-order chi connectivity index (χ1) is 8.90. The lowest BCUT2D eigenvalue weighted by Crippen LogP contribution is -2.38. The third-order valence-electron chi connectivity index (χ3n) is 2.64. The summed E-state index contributed by atoms with van der Waals surface area (Å²) in [6, 6.07) is 1.11. The molecule has 2 heterocycles. The summed E-state index contributed by atoms with van der Waals surface area (Å²) < 4.78 is 27.4. The summed E-state index contributed by atoms with van der Waals surface area (Å²) in [5, 5.41) is 8.88. The van der Waals surface area contributed by atoms with Gasteiger partial charge in [0.2, 0.25) is 10.0 Å². The fourth-order valence-corrected chi connectivity index (χ4v) is 6.61. The number of halogens is 1. The fourth-order valence-electron chi connectivity index (χ4n) is 1.76. The highest BCUT2D eigenvalue weighted by atomic mass is 79.9. The zero-order valence-corrected chi connectivity index (χ0v) is 13.8. The molecule has 0 aliphatic carbocycles. The van der Waals surface area contributed by atoms with Gasteiger partial charge in [0.05, 0.1) is 3.79 Å². The summed E-state index contributed by atoms with van der Waals surface area (Å²) in [7, 11) is -3.67. The van der Waals surface area contributed by atoms with E-state index in [1.165, 1.54) is 6.07 Å². The third-order valence-corrected chi connectivity index (χ3v) is 7.61. The maximum atomic E-state index is 12.2. The Morgan fingerprint density at radius 1 is 1.53 bits per heavy atom. The average Bonchev–Trinajstić information content (AvgIpc) is 2.73. The number of carboxylic acid groups (broad SMARTS) is 1. The molecule has 5 nitrogen and oxygen atoms in total. The quantitative estimate of drug-likeness (QED) is 0.830. The molecule has 0 bridgehead atoms. The molecule has 0 spiro atoms. The summed E-state index contributed by atoms with van der Waals surface area (Å²) >= 11 is 5.74. The van der Waals surface area contributed by atoms with Gasteiger partial charge in [-0.05, 0) is 40.6 Å². The number of thiophene rings is 1. The number of carbonyl (C=O) groups is 1. The van der Waals surface area contributed by atoms with E-state index in [9.17, 15) is 13.2 Å². The number of hydrogen-bond acceptors (Lipinski definition) is 5. The zero-order chi connectivity index (χ0) is 14.0. The molecule has 2 rings (SSSR count). The Labute approximate surface area is 128 Å². The Morgan fingerprint density at radius 3 is 2.79 bits per heavy atom. The van der Waals surface area contributed by atoms with E-state index >= 15 is 0 Å². The molecule has 0 amide bonds. The standard InChI is InChI=1S/C10H12BrNO4S3/c11-9-8(4-7(18-9)10(13)14)19(15,16)12-6-2-1-3-17-5-6/h4,6,12H,1-3,5H2,(H,13,14). The number of rotatable bonds is 4. The van der Waals surface area contributed by atoms with E-state index in [1.807, 2.05) is 0 Å². The van der Waals surface area contributed by atoms with Gasteiger partial charge in [-0.25, -0.2) is 17.9 Å². The second-order valence-corrected chi connectivity index (χ2v) is 9.29. The third kappa shape index (κ3) is 3.72. The molecule has 1 aromatic rings. The number of carboxylic acids is 1. The van der Waals surface area contributed by atoms with Crippen LogP contribution in [0, 0.1) is 0 Å². The highest BCUT2D eigenvalue weighted by Crippen LogP contribution is 2.32. The van der Waals surface area contributed by atoms with Gasteiger partial charge < -0.3 is 5.11 Å². The topological polar surface area (TPSA) is 83.5 Å². The molecule has 1 aromatic heterocycles. The van der Waals surface area contributed by atoms with E-state index in [0.717, 1.165) is 35.7 Å². The highest BCUT2D eigenvalue weighted by Gasteiger charge is 2.26. The predicted molar refractivity (Wildman–Crippen MR) is 79.6 cm³/mol. The Bertz CT molecular complexity index is 578. The minimum absolute atomic E-state index is 0.00488. The van der Waals surface area contributed by atoms with Gasteiger partial charge >= 0.3 is 5.97 Å². The first-order valence-electron chi connectivity index (χ1n) is 5.53. The van der Waals surface area contributed by atoms with Crippen molar-refractivity contribution in [1.82, 2.24) is 4.72 Å². The predicted octanol–water partition coefficient (Wildman–Crippen LogP) is 2.38. The van der Waals surface area contributed by atoms with Gasteiger partial charge in [-0.2, -0.15) is 11.8 Å². The van der Waals surface area contributed by atoms with Crippen molar-refractivity contribution in [3.8, 4) is 0 Å². The van der Waals surface area contributed by atoms with Crippen molar-refractivity contribution in [2.75, 3.05) is 11.5 Å². The smallest absolute Gasteiger partial charge is 0.345 e. The molecular formula is C10H12BrNO4S3.